The lowest BCUT2D eigenvalue weighted by Gasteiger charge is -2.38. The summed E-state index contributed by atoms with van der Waals surface area (Å²) in [6.45, 7) is 4.67. The van der Waals surface area contributed by atoms with Crippen molar-refractivity contribution < 1.29 is 23.9 Å². The van der Waals surface area contributed by atoms with Crippen molar-refractivity contribution >= 4 is 46.7 Å². The van der Waals surface area contributed by atoms with Crippen molar-refractivity contribution in [3.8, 4) is 5.69 Å². The number of hydrogen-bond acceptors (Lipinski definition) is 8. The molecule has 1 aliphatic heterocycles. The molecule has 4 aromatic rings. The Balaban J connectivity index is 1.38. The Kier molecular flexibility index (Phi) is 8.72. The van der Waals surface area contributed by atoms with Gasteiger partial charge in [-0.25, -0.2) is 4.79 Å². The molecule has 1 aromatic heterocycles. The van der Waals surface area contributed by atoms with Crippen LogP contribution in [0.1, 0.15) is 36.7 Å². The van der Waals surface area contributed by atoms with Gasteiger partial charge in [0.2, 0.25) is 17.7 Å². The molecule has 0 spiro atoms. The minimum Gasteiger partial charge on any atom is -0.456 e. The highest BCUT2D eigenvalue weighted by Crippen LogP contribution is 2.30. The number of hydrogen-bond donors (Lipinski definition) is 1. The molecule has 0 aliphatic carbocycles. The van der Waals surface area contributed by atoms with Crippen LogP contribution in [0.5, 0.6) is 0 Å². The molecule has 13 heteroatoms. The third kappa shape index (κ3) is 7.09. The average Bonchev–Trinajstić information content (AvgIpc) is 3.52. The van der Waals surface area contributed by atoms with E-state index in [1.165, 1.54) is 20.8 Å². The Morgan fingerprint density at radius 3 is 2.34 bits per heavy atom. The number of rotatable bonds is 8. The highest BCUT2D eigenvalue weighted by atomic mass is 35.5. The van der Waals surface area contributed by atoms with E-state index < -0.39 is 35.3 Å². The van der Waals surface area contributed by atoms with Gasteiger partial charge in [0.25, 0.3) is 0 Å². The maximum absolute atomic E-state index is 13.7. The Morgan fingerprint density at radius 2 is 1.68 bits per heavy atom. The second-order valence-electron chi connectivity index (χ2n) is 11.2. The normalized spacial score (nSPS) is 14.4. The Labute approximate surface area is 258 Å². The molecular weight excluding hydrogens is 586 g/mol. The minimum absolute atomic E-state index is 0.175. The van der Waals surface area contributed by atoms with E-state index in [1.807, 2.05) is 30.3 Å². The van der Waals surface area contributed by atoms with Crippen molar-refractivity contribution in [3.05, 3.63) is 95.3 Å². The van der Waals surface area contributed by atoms with Gasteiger partial charge in [0.05, 0.1) is 16.9 Å². The summed E-state index contributed by atoms with van der Waals surface area (Å²) >= 11 is 6.25. The lowest BCUT2D eigenvalue weighted by Crippen LogP contribution is -2.60. The number of benzene rings is 3. The van der Waals surface area contributed by atoms with Crippen LogP contribution < -0.4 is 10.2 Å². The zero-order valence-electron chi connectivity index (χ0n) is 24.3. The predicted molar refractivity (Wildman–Crippen MR) is 162 cm³/mol. The maximum atomic E-state index is 13.7. The van der Waals surface area contributed by atoms with E-state index in [9.17, 15) is 19.2 Å². The molecular formula is C31H30ClN7O5. The number of tetrazole rings is 1. The molecule has 1 fully saturated rings. The van der Waals surface area contributed by atoms with Crippen molar-refractivity contribution in [2.45, 2.75) is 38.8 Å². The molecule has 1 atom stereocenters. The Bertz CT molecular complexity index is 1670. The highest BCUT2D eigenvalue weighted by molar-refractivity contribution is 6.31. The van der Waals surface area contributed by atoms with Crippen LogP contribution in [-0.4, -0.2) is 73.5 Å². The molecule has 226 valence electrons. The number of nitrogens with one attached hydrogen (secondary N) is 1. The quantitative estimate of drug-likeness (QED) is 0.296. The number of carbonyl (C=O) groups is 4. The van der Waals surface area contributed by atoms with E-state index in [0.717, 1.165) is 5.56 Å². The summed E-state index contributed by atoms with van der Waals surface area (Å²) in [7, 11) is 0. The number of piperazine rings is 1. The number of amides is 3. The topological polar surface area (TPSA) is 140 Å². The van der Waals surface area contributed by atoms with Crippen molar-refractivity contribution in [2.75, 3.05) is 23.3 Å². The summed E-state index contributed by atoms with van der Waals surface area (Å²) in [6.07, 6.45) is 1.55. The van der Waals surface area contributed by atoms with E-state index in [2.05, 4.69) is 20.8 Å². The van der Waals surface area contributed by atoms with Gasteiger partial charge < -0.3 is 15.0 Å². The molecule has 1 N–H and O–H groups in total. The number of esters is 1. The largest absolute Gasteiger partial charge is 0.456 e. The van der Waals surface area contributed by atoms with E-state index >= 15 is 0 Å². The van der Waals surface area contributed by atoms with E-state index in [-0.39, 0.29) is 19.5 Å². The van der Waals surface area contributed by atoms with E-state index in [0.29, 0.717) is 27.6 Å². The van der Waals surface area contributed by atoms with Crippen LogP contribution in [0.3, 0.4) is 0 Å². The second-order valence-corrected chi connectivity index (χ2v) is 11.6. The van der Waals surface area contributed by atoms with Crippen LogP contribution >= 0.6 is 11.6 Å². The smallest absolute Gasteiger partial charge is 0.338 e. The summed E-state index contributed by atoms with van der Waals surface area (Å²) in [4.78, 5) is 55.9. The van der Waals surface area contributed by atoms with Gasteiger partial charge in [-0.15, -0.1) is 5.10 Å². The van der Waals surface area contributed by atoms with Crippen LogP contribution in [0.4, 0.5) is 11.4 Å². The molecule has 1 aliphatic rings. The molecule has 5 rings (SSSR count). The van der Waals surface area contributed by atoms with Gasteiger partial charge in [-0.1, -0.05) is 41.9 Å². The molecule has 0 bridgehead atoms. The van der Waals surface area contributed by atoms with Crippen LogP contribution in [0.15, 0.2) is 79.1 Å². The van der Waals surface area contributed by atoms with Crippen molar-refractivity contribution in [2.24, 2.45) is 0 Å². The van der Waals surface area contributed by atoms with Crippen molar-refractivity contribution in [3.63, 3.8) is 0 Å². The summed E-state index contributed by atoms with van der Waals surface area (Å²) in [5.41, 5.74) is 1.73. The average molecular weight is 616 g/mol. The fraction of sp³-hybridized carbons (Fsp3) is 0.258. The van der Waals surface area contributed by atoms with Gasteiger partial charge in [0, 0.05) is 17.1 Å². The maximum Gasteiger partial charge on any atom is 0.338 e. The first-order valence-corrected chi connectivity index (χ1v) is 14.2. The minimum atomic E-state index is -1.00. The first-order valence-electron chi connectivity index (χ1n) is 13.8. The van der Waals surface area contributed by atoms with Crippen LogP contribution in [-0.2, 0) is 25.5 Å². The number of halogens is 1. The molecule has 1 unspecified atom stereocenters. The molecule has 0 saturated carbocycles. The Morgan fingerprint density at radius 1 is 0.955 bits per heavy atom. The predicted octanol–water partition coefficient (Wildman–Crippen LogP) is 3.70. The third-order valence-electron chi connectivity index (χ3n) is 6.78. The van der Waals surface area contributed by atoms with Gasteiger partial charge >= 0.3 is 5.97 Å². The molecule has 3 amide bonds. The standard InChI is InChI=1S/C31H30ClN7O5/c1-31(2,3)44-30(43)21-9-12-23(13-10-21)34-29(42)26(15-20-7-5-4-6-8-20)38-18-27(40)37(17-28(38)41)25-16-22(32)11-14-24(25)39-19-33-35-36-39/h4-14,16,19,26H,15,17-18H2,1-3H3,(H,34,42). The van der Waals surface area contributed by atoms with E-state index in [4.69, 9.17) is 16.3 Å². The molecule has 1 saturated heterocycles. The van der Waals surface area contributed by atoms with Crippen molar-refractivity contribution in [1.82, 2.24) is 25.1 Å². The lowest BCUT2D eigenvalue weighted by molar-refractivity contribution is -0.143. The molecule has 0 radical (unpaired) electrons. The number of anilines is 2. The van der Waals surface area contributed by atoms with Crippen LogP contribution in [0.2, 0.25) is 5.02 Å². The number of carbonyl (C=O) groups excluding carboxylic acids is 4. The van der Waals surface area contributed by atoms with Crippen molar-refractivity contribution in [1.29, 1.82) is 0 Å². The summed E-state index contributed by atoms with van der Waals surface area (Å²) in [5.74, 6) is -1.80. The number of aromatic nitrogens is 4. The summed E-state index contributed by atoms with van der Waals surface area (Å²) in [5, 5.41) is 14.4. The van der Waals surface area contributed by atoms with Gasteiger partial charge in [-0.2, -0.15) is 4.68 Å². The number of nitrogens with zero attached hydrogens (tertiary/aromatic N) is 6. The molecule has 3 aromatic carbocycles. The van der Waals surface area contributed by atoms with Gasteiger partial charge in [0.15, 0.2) is 0 Å². The molecule has 44 heavy (non-hydrogen) atoms. The first kappa shape index (κ1) is 30.4. The monoisotopic (exact) mass is 615 g/mol. The molecule has 12 nitrogen and oxygen atoms in total. The van der Waals surface area contributed by atoms with Gasteiger partial charge in [0.1, 0.15) is 31.1 Å². The molecule has 2 heterocycles. The first-order chi connectivity index (χ1) is 21.0. The number of ether oxygens (including phenoxy) is 1. The zero-order chi connectivity index (χ0) is 31.4. The highest BCUT2D eigenvalue weighted by Gasteiger charge is 2.39. The summed E-state index contributed by atoms with van der Waals surface area (Å²) < 4.78 is 6.77. The summed E-state index contributed by atoms with van der Waals surface area (Å²) in [6, 6.07) is 19.3. The second kappa shape index (κ2) is 12.6. The lowest BCUT2D eigenvalue weighted by atomic mass is 10.0. The SMILES string of the molecule is CC(C)(C)OC(=O)c1ccc(NC(=O)C(Cc2ccccc2)N2CC(=O)N(c3cc(Cl)ccc3-n3cnnn3)CC2=O)cc1. The van der Waals surface area contributed by atoms with Gasteiger partial charge in [-0.05, 0) is 79.2 Å². The zero-order valence-corrected chi connectivity index (χ0v) is 25.1. The van der Waals surface area contributed by atoms with Crippen LogP contribution in [0.25, 0.3) is 5.69 Å². The fourth-order valence-electron chi connectivity index (χ4n) is 4.75. The van der Waals surface area contributed by atoms with Crippen LogP contribution in [0, 0.1) is 0 Å². The van der Waals surface area contributed by atoms with E-state index in [1.54, 1.807) is 63.2 Å². The third-order valence-corrected chi connectivity index (χ3v) is 7.02. The fourth-order valence-corrected chi connectivity index (χ4v) is 4.92. The Hall–Kier alpha value is -5.10. The van der Waals surface area contributed by atoms with Gasteiger partial charge in [-0.3, -0.25) is 19.3 Å².